The molecule has 2 unspecified atom stereocenters. The molecule has 1 aliphatic rings. The average Bonchev–Trinajstić information content (AvgIpc) is 2.54. The number of hydrogen-bond donors (Lipinski definition) is 0. The molecule has 0 saturated heterocycles. The molecule has 0 saturated carbocycles. The third kappa shape index (κ3) is 1.71. The molecule has 2 rings (SSSR count). The average molecular weight is 202 g/mol. The van der Waals surface area contributed by atoms with E-state index in [9.17, 15) is 4.79 Å². The highest BCUT2D eigenvalue weighted by atomic mass is 16.1. The van der Waals surface area contributed by atoms with Crippen molar-refractivity contribution in [2.45, 2.75) is 39.5 Å². The van der Waals surface area contributed by atoms with Crippen molar-refractivity contribution in [1.82, 2.24) is 0 Å². The number of benzene rings is 1. The van der Waals surface area contributed by atoms with Gasteiger partial charge in [0.05, 0.1) is 0 Å². The Labute approximate surface area is 91.5 Å². The number of fused-ring (bicyclic) bond motifs is 1. The van der Waals surface area contributed by atoms with Gasteiger partial charge in [-0.2, -0.15) is 0 Å². The van der Waals surface area contributed by atoms with Crippen LogP contribution in [0.3, 0.4) is 0 Å². The van der Waals surface area contributed by atoms with Crippen LogP contribution in [0.15, 0.2) is 18.2 Å². The molecule has 0 spiro atoms. The summed E-state index contributed by atoms with van der Waals surface area (Å²) in [5.41, 5.74) is 3.51. The molecule has 1 aromatic carbocycles. The van der Waals surface area contributed by atoms with Crippen LogP contribution in [-0.2, 0) is 6.42 Å². The standard InChI is InChI=1S/C14H18O/c1-4-9(2)11-5-6-12-7-10(3)14(15)13(12)8-11/h5-6,8-10H,4,7H2,1-3H3. The van der Waals surface area contributed by atoms with Crippen LogP contribution < -0.4 is 0 Å². The Hall–Kier alpha value is -1.11. The normalized spacial score (nSPS) is 21.5. The molecule has 80 valence electrons. The lowest BCUT2D eigenvalue weighted by Gasteiger charge is -2.10. The fraction of sp³-hybridized carbons (Fsp3) is 0.500. The van der Waals surface area contributed by atoms with E-state index in [4.69, 9.17) is 0 Å². The maximum absolute atomic E-state index is 11.9. The van der Waals surface area contributed by atoms with Gasteiger partial charge in [-0.3, -0.25) is 4.79 Å². The van der Waals surface area contributed by atoms with Crippen molar-refractivity contribution in [1.29, 1.82) is 0 Å². The van der Waals surface area contributed by atoms with Gasteiger partial charge in [-0.1, -0.05) is 32.9 Å². The summed E-state index contributed by atoms with van der Waals surface area (Å²) in [6.07, 6.45) is 2.05. The molecule has 0 radical (unpaired) electrons. The Balaban J connectivity index is 2.39. The lowest BCUT2D eigenvalue weighted by molar-refractivity contribution is 0.0946. The summed E-state index contributed by atoms with van der Waals surface area (Å²) in [5, 5.41) is 0. The van der Waals surface area contributed by atoms with E-state index in [1.165, 1.54) is 11.1 Å². The third-order valence-electron chi connectivity index (χ3n) is 3.55. The first-order valence-corrected chi connectivity index (χ1v) is 5.80. The SMILES string of the molecule is CCC(C)c1ccc2c(c1)C(=O)C(C)C2. The van der Waals surface area contributed by atoms with Gasteiger partial charge >= 0.3 is 0 Å². The smallest absolute Gasteiger partial charge is 0.166 e. The molecule has 15 heavy (non-hydrogen) atoms. The minimum atomic E-state index is 0.187. The quantitative estimate of drug-likeness (QED) is 0.716. The highest BCUT2D eigenvalue weighted by molar-refractivity contribution is 6.02. The van der Waals surface area contributed by atoms with E-state index in [2.05, 4.69) is 32.0 Å². The van der Waals surface area contributed by atoms with Crippen LogP contribution in [0.5, 0.6) is 0 Å². The Morgan fingerprint density at radius 3 is 2.87 bits per heavy atom. The topological polar surface area (TPSA) is 17.1 Å². The summed E-state index contributed by atoms with van der Waals surface area (Å²) in [5.74, 6) is 1.07. The second kappa shape index (κ2) is 3.80. The van der Waals surface area contributed by atoms with Gasteiger partial charge in [0.2, 0.25) is 0 Å². The molecule has 0 aromatic heterocycles. The van der Waals surface area contributed by atoms with E-state index in [-0.39, 0.29) is 5.92 Å². The van der Waals surface area contributed by atoms with Crippen molar-refractivity contribution >= 4 is 5.78 Å². The summed E-state index contributed by atoms with van der Waals surface area (Å²) >= 11 is 0. The minimum Gasteiger partial charge on any atom is -0.294 e. The van der Waals surface area contributed by atoms with Gasteiger partial charge in [0.1, 0.15) is 0 Å². The number of carbonyl (C=O) groups is 1. The van der Waals surface area contributed by atoms with E-state index in [1.807, 2.05) is 6.92 Å². The van der Waals surface area contributed by atoms with Crippen molar-refractivity contribution in [3.63, 3.8) is 0 Å². The van der Waals surface area contributed by atoms with E-state index in [0.29, 0.717) is 11.7 Å². The molecule has 0 aliphatic heterocycles. The van der Waals surface area contributed by atoms with Crippen LogP contribution in [-0.4, -0.2) is 5.78 Å². The van der Waals surface area contributed by atoms with Gasteiger partial charge in [-0.05, 0) is 36.0 Å². The summed E-state index contributed by atoms with van der Waals surface area (Å²) in [7, 11) is 0. The lowest BCUT2D eigenvalue weighted by atomic mass is 9.95. The molecular formula is C14H18O. The second-order valence-electron chi connectivity index (χ2n) is 4.70. The molecule has 2 atom stereocenters. The molecule has 0 amide bonds. The van der Waals surface area contributed by atoms with Crippen molar-refractivity contribution in [3.8, 4) is 0 Å². The zero-order valence-corrected chi connectivity index (χ0v) is 9.71. The zero-order chi connectivity index (χ0) is 11.0. The van der Waals surface area contributed by atoms with Gasteiger partial charge in [0, 0.05) is 11.5 Å². The Bertz CT molecular complexity index is 392. The predicted molar refractivity (Wildman–Crippen MR) is 62.3 cm³/mol. The monoisotopic (exact) mass is 202 g/mol. The first-order valence-electron chi connectivity index (χ1n) is 5.80. The van der Waals surface area contributed by atoms with Crippen molar-refractivity contribution in [2.24, 2.45) is 5.92 Å². The lowest BCUT2D eigenvalue weighted by Crippen LogP contribution is -2.03. The molecule has 1 heteroatoms. The van der Waals surface area contributed by atoms with Crippen LogP contribution >= 0.6 is 0 Å². The highest BCUT2D eigenvalue weighted by Crippen LogP contribution is 2.30. The number of Topliss-reactive ketones (excluding diaryl/α,β-unsaturated/α-hetero) is 1. The molecule has 0 heterocycles. The maximum Gasteiger partial charge on any atom is 0.166 e. The van der Waals surface area contributed by atoms with E-state index < -0.39 is 0 Å². The summed E-state index contributed by atoms with van der Waals surface area (Å²) in [6.45, 7) is 6.41. The molecule has 0 fully saturated rings. The number of rotatable bonds is 2. The van der Waals surface area contributed by atoms with E-state index in [0.717, 1.165) is 18.4 Å². The van der Waals surface area contributed by atoms with Gasteiger partial charge in [0.25, 0.3) is 0 Å². The second-order valence-corrected chi connectivity index (χ2v) is 4.70. The maximum atomic E-state index is 11.9. The molecule has 1 aliphatic carbocycles. The predicted octanol–water partition coefficient (Wildman–Crippen LogP) is 3.58. The summed E-state index contributed by atoms with van der Waals surface area (Å²) in [6, 6.07) is 6.42. The minimum absolute atomic E-state index is 0.187. The van der Waals surface area contributed by atoms with E-state index >= 15 is 0 Å². The van der Waals surface area contributed by atoms with Crippen LogP contribution in [0, 0.1) is 5.92 Å². The first-order chi connectivity index (χ1) is 7.13. The highest BCUT2D eigenvalue weighted by Gasteiger charge is 2.27. The van der Waals surface area contributed by atoms with Gasteiger partial charge in [-0.25, -0.2) is 0 Å². The third-order valence-corrected chi connectivity index (χ3v) is 3.55. The van der Waals surface area contributed by atoms with Crippen LogP contribution in [0.2, 0.25) is 0 Å². The molecular weight excluding hydrogens is 184 g/mol. The summed E-state index contributed by atoms with van der Waals surface area (Å²) < 4.78 is 0. The van der Waals surface area contributed by atoms with Gasteiger partial charge < -0.3 is 0 Å². The Morgan fingerprint density at radius 1 is 1.47 bits per heavy atom. The van der Waals surface area contributed by atoms with Gasteiger partial charge in [-0.15, -0.1) is 0 Å². The van der Waals surface area contributed by atoms with Crippen molar-refractivity contribution in [3.05, 3.63) is 34.9 Å². The van der Waals surface area contributed by atoms with Crippen molar-refractivity contribution < 1.29 is 4.79 Å². The largest absolute Gasteiger partial charge is 0.294 e. The number of hydrogen-bond acceptors (Lipinski definition) is 1. The Kier molecular flexibility index (Phi) is 2.64. The fourth-order valence-corrected chi connectivity index (χ4v) is 2.23. The zero-order valence-electron chi connectivity index (χ0n) is 9.71. The fourth-order valence-electron chi connectivity index (χ4n) is 2.23. The summed E-state index contributed by atoms with van der Waals surface area (Å²) in [4.78, 5) is 11.9. The number of carbonyl (C=O) groups excluding carboxylic acids is 1. The van der Waals surface area contributed by atoms with Crippen molar-refractivity contribution in [2.75, 3.05) is 0 Å². The van der Waals surface area contributed by atoms with Crippen LogP contribution in [0.25, 0.3) is 0 Å². The van der Waals surface area contributed by atoms with E-state index in [1.54, 1.807) is 0 Å². The first kappa shape index (κ1) is 10.4. The molecule has 1 aromatic rings. The Morgan fingerprint density at radius 2 is 2.20 bits per heavy atom. The molecule has 0 N–H and O–H groups in total. The van der Waals surface area contributed by atoms with Gasteiger partial charge in [0.15, 0.2) is 5.78 Å². The van der Waals surface area contributed by atoms with Crippen LogP contribution in [0.1, 0.15) is 54.6 Å². The number of ketones is 1. The molecule has 0 bridgehead atoms. The molecule has 1 nitrogen and oxygen atoms in total. The van der Waals surface area contributed by atoms with Crippen LogP contribution in [0.4, 0.5) is 0 Å².